The van der Waals surface area contributed by atoms with Crippen LogP contribution in [0.4, 0.5) is 10.5 Å². The van der Waals surface area contributed by atoms with Crippen LogP contribution in [0, 0.1) is 5.41 Å². The highest BCUT2D eigenvalue weighted by Crippen LogP contribution is 2.31. The molecule has 3 aromatic rings. The Hall–Kier alpha value is -3.81. The van der Waals surface area contributed by atoms with Gasteiger partial charge in [-0.05, 0) is 49.7 Å². The molecule has 1 aromatic heterocycles. The summed E-state index contributed by atoms with van der Waals surface area (Å²) in [6.07, 6.45) is 1.76. The minimum Gasteiger partial charge on any atom is -0.497 e. The normalized spacial score (nSPS) is 11.0. The van der Waals surface area contributed by atoms with Gasteiger partial charge in [0.05, 0.1) is 32.3 Å². The predicted molar refractivity (Wildman–Crippen MR) is 123 cm³/mol. The van der Waals surface area contributed by atoms with Crippen molar-refractivity contribution >= 4 is 28.6 Å². The van der Waals surface area contributed by atoms with E-state index in [1.165, 1.54) is 7.11 Å². The number of fused-ring (bicyclic) bond motifs is 1. The first-order valence-corrected chi connectivity index (χ1v) is 10.0. The molecule has 8 nitrogen and oxygen atoms in total. The number of urea groups is 1. The average Bonchev–Trinajstić information content (AvgIpc) is 2.81. The van der Waals surface area contributed by atoms with Crippen LogP contribution in [-0.2, 0) is 9.53 Å². The van der Waals surface area contributed by atoms with E-state index in [0.29, 0.717) is 17.2 Å². The fraction of sp³-hybridized carbons (Fsp3) is 0.292. The second-order valence-corrected chi connectivity index (χ2v) is 7.92. The standard InChI is InChI=1S/C24H27N3O5/c1-24(2,22(28)32-5)14-26-23(29)27-18-7-6-15-8-17(13-25-21(15)11-18)16-9-19(30-3)12-20(10-16)31-4/h6-13H,14H2,1-5H3,(H2,26,27,29). The second-order valence-electron chi connectivity index (χ2n) is 7.92. The lowest BCUT2D eigenvalue weighted by Gasteiger charge is -2.21. The van der Waals surface area contributed by atoms with Gasteiger partial charge in [0, 0.05) is 35.4 Å². The van der Waals surface area contributed by atoms with Crippen molar-refractivity contribution in [2.45, 2.75) is 13.8 Å². The largest absolute Gasteiger partial charge is 0.497 e. The molecule has 32 heavy (non-hydrogen) atoms. The fourth-order valence-electron chi connectivity index (χ4n) is 3.16. The van der Waals surface area contributed by atoms with Crippen molar-refractivity contribution < 1.29 is 23.8 Å². The molecule has 0 aliphatic carbocycles. The van der Waals surface area contributed by atoms with Crippen molar-refractivity contribution in [3.8, 4) is 22.6 Å². The van der Waals surface area contributed by atoms with E-state index in [2.05, 4.69) is 15.6 Å². The molecule has 1 heterocycles. The van der Waals surface area contributed by atoms with Gasteiger partial charge in [0.25, 0.3) is 0 Å². The number of anilines is 1. The minimum absolute atomic E-state index is 0.144. The Morgan fingerprint density at radius 3 is 2.25 bits per heavy atom. The van der Waals surface area contributed by atoms with E-state index >= 15 is 0 Å². The Kier molecular flexibility index (Phi) is 6.82. The van der Waals surface area contributed by atoms with E-state index in [-0.39, 0.29) is 6.54 Å². The number of esters is 1. The van der Waals surface area contributed by atoms with Gasteiger partial charge < -0.3 is 24.8 Å². The average molecular weight is 437 g/mol. The first-order chi connectivity index (χ1) is 15.2. The van der Waals surface area contributed by atoms with Crippen LogP contribution in [0.5, 0.6) is 11.5 Å². The summed E-state index contributed by atoms with van der Waals surface area (Å²) in [5.41, 5.74) is 2.34. The van der Waals surface area contributed by atoms with Gasteiger partial charge >= 0.3 is 12.0 Å². The predicted octanol–water partition coefficient (Wildman–Crippen LogP) is 4.24. The highest BCUT2D eigenvalue weighted by atomic mass is 16.5. The summed E-state index contributed by atoms with van der Waals surface area (Å²) in [6, 6.07) is 12.7. The molecule has 0 bridgehead atoms. The highest BCUT2D eigenvalue weighted by molar-refractivity contribution is 5.93. The Labute approximate surface area is 186 Å². The van der Waals surface area contributed by atoms with Crippen LogP contribution in [0.1, 0.15) is 13.8 Å². The number of hydrogen-bond donors (Lipinski definition) is 2. The van der Waals surface area contributed by atoms with Crippen molar-refractivity contribution in [1.29, 1.82) is 0 Å². The Bertz CT molecular complexity index is 1120. The lowest BCUT2D eigenvalue weighted by atomic mass is 9.94. The van der Waals surface area contributed by atoms with Gasteiger partial charge in [-0.2, -0.15) is 0 Å². The van der Waals surface area contributed by atoms with Gasteiger partial charge in [-0.25, -0.2) is 4.79 Å². The third-order valence-corrected chi connectivity index (χ3v) is 5.06. The molecule has 0 atom stereocenters. The van der Waals surface area contributed by atoms with E-state index in [0.717, 1.165) is 22.0 Å². The van der Waals surface area contributed by atoms with Crippen LogP contribution in [0.3, 0.4) is 0 Å². The summed E-state index contributed by atoms with van der Waals surface area (Å²) in [5, 5.41) is 6.38. The molecule has 2 amide bonds. The van der Waals surface area contributed by atoms with Crippen molar-refractivity contribution in [2.75, 3.05) is 33.2 Å². The van der Waals surface area contributed by atoms with Gasteiger partial charge in [-0.15, -0.1) is 0 Å². The SMILES string of the molecule is COC(=O)C(C)(C)CNC(=O)Nc1ccc2cc(-c3cc(OC)cc(OC)c3)cnc2c1. The third-order valence-electron chi connectivity index (χ3n) is 5.06. The highest BCUT2D eigenvalue weighted by Gasteiger charge is 2.29. The van der Waals surface area contributed by atoms with E-state index in [1.54, 1.807) is 46.4 Å². The van der Waals surface area contributed by atoms with E-state index in [4.69, 9.17) is 14.2 Å². The van der Waals surface area contributed by atoms with Crippen molar-refractivity contribution in [3.63, 3.8) is 0 Å². The number of hydrogen-bond acceptors (Lipinski definition) is 6. The van der Waals surface area contributed by atoms with E-state index < -0.39 is 17.4 Å². The lowest BCUT2D eigenvalue weighted by molar-refractivity contribution is -0.150. The maximum Gasteiger partial charge on any atom is 0.319 e. The molecule has 0 spiro atoms. The topological polar surface area (TPSA) is 98.8 Å². The first-order valence-electron chi connectivity index (χ1n) is 10.0. The van der Waals surface area contributed by atoms with Crippen molar-refractivity contribution in [3.05, 3.63) is 48.7 Å². The monoisotopic (exact) mass is 437 g/mol. The van der Waals surface area contributed by atoms with E-state index in [9.17, 15) is 9.59 Å². The fourth-order valence-corrected chi connectivity index (χ4v) is 3.16. The van der Waals surface area contributed by atoms with Crippen LogP contribution in [-0.4, -0.2) is 44.9 Å². The number of aromatic nitrogens is 1. The smallest absolute Gasteiger partial charge is 0.319 e. The second kappa shape index (κ2) is 9.55. The number of ether oxygens (including phenoxy) is 3. The number of rotatable bonds is 7. The third kappa shape index (κ3) is 5.26. The summed E-state index contributed by atoms with van der Waals surface area (Å²) in [6.45, 7) is 3.55. The molecule has 0 unspecified atom stereocenters. The minimum atomic E-state index is -0.823. The molecule has 0 saturated carbocycles. The number of pyridine rings is 1. The van der Waals surface area contributed by atoms with Crippen LogP contribution >= 0.6 is 0 Å². The Morgan fingerprint density at radius 2 is 1.62 bits per heavy atom. The maximum atomic E-state index is 12.2. The number of benzene rings is 2. The molecule has 168 valence electrons. The molecule has 0 radical (unpaired) electrons. The summed E-state index contributed by atoms with van der Waals surface area (Å²) in [5.74, 6) is 0.998. The molecule has 0 aliphatic heterocycles. The van der Waals surface area contributed by atoms with Gasteiger partial charge in [-0.1, -0.05) is 6.07 Å². The zero-order valence-corrected chi connectivity index (χ0v) is 18.8. The molecule has 0 saturated heterocycles. The zero-order valence-electron chi connectivity index (χ0n) is 18.8. The summed E-state index contributed by atoms with van der Waals surface area (Å²) in [7, 11) is 4.54. The molecule has 2 N–H and O–H groups in total. The van der Waals surface area contributed by atoms with E-state index in [1.807, 2.05) is 30.3 Å². The molecule has 8 heteroatoms. The van der Waals surface area contributed by atoms with Crippen LogP contribution < -0.4 is 20.1 Å². The van der Waals surface area contributed by atoms with Gasteiger partial charge in [0.2, 0.25) is 0 Å². The number of carbonyl (C=O) groups excluding carboxylic acids is 2. The van der Waals surface area contributed by atoms with Crippen LogP contribution in [0.25, 0.3) is 22.0 Å². The molecule has 3 rings (SSSR count). The number of nitrogens with one attached hydrogen (secondary N) is 2. The number of nitrogens with zero attached hydrogens (tertiary/aromatic N) is 1. The number of amides is 2. The van der Waals surface area contributed by atoms with Gasteiger partial charge in [0.15, 0.2) is 0 Å². The summed E-state index contributed by atoms with van der Waals surface area (Å²) in [4.78, 5) is 28.5. The van der Waals surface area contributed by atoms with Crippen LogP contribution in [0.15, 0.2) is 48.7 Å². The van der Waals surface area contributed by atoms with Crippen LogP contribution in [0.2, 0.25) is 0 Å². The lowest BCUT2D eigenvalue weighted by Crippen LogP contribution is -2.41. The molecule has 2 aromatic carbocycles. The zero-order chi connectivity index (χ0) is 23.3. The van der Waals surface area contributed by atoms with Gasteiger partial charge in [-0.3, -0.25) is 9.78 Å². The molecular formula is C24H27N3O5. The molecule has 0 aliphatic rings. The number of methoxy groups -OCH3 is 3. The van der Waals surface area contributed by atoms with Gasteiger partial charge in [0.1, 0.15) is 11.5 Å². The first kappa shape index (κ1) is 22.9. The molecular weight excluding hydrogens is 410 g/mol. The summed E-state index contributed by atoms with van der Waals surface area (Å²) < 4.78 is 15.4. The maximum absolute atomic E-state index is 12.2. The van der Waals surface area contributed by atoms with Crippen molar-refractivity contribution in [1.82, 2.24) is 10.3 Å². The Balaban J connectivity index is 1.75. The quantitative estimate of drug-likeness (QED) is 0.537. The number of carbonyl (C=O) groups is 2. The van der Waals surface area contributed by atoms with Crippen molar-refractivity contribution in [2.24, 2.45) is 5.41 Å². The summed E-state index contributed by atoms with van der Waals surface area (Å²) >= 11 is 0. The molecule has 0 fully saturated rings. The Morgan fingerprint density at radius 1 is 0.938 bits per heavy atom.